The Morgan fingerprint density at radius 2 is 2.37 bits per heavy atom. The first-order chi connectivity index (χ1) is 9.18. The highest BCUT2D eigenvalue weighted by Gasteiger charge is 2.27. The maximum absolute atomic E-state index is 12.5. The van der Waals surface area contributed by atoms with Crippen molar-refractivity contribution >= 4 is 5.91 Å². The average molecular weight is 262 g/mol. The van der Waals surface area contributed by atoms with Gasteiger partial charge in [-0.05, 0) is 38.3 Å². The number of hydrogen-bond acceptors (Lipinski definition) is 3. The topological polar surface area (TPSA) is 53.4 Å². The molecule has 2 unspecified atom stereocenters. The number of rotatable bonds is 3. The quantitative estimate of drug-likeness (QED) is 0.909. The summed E-state index contributed by atoms with van der Waals surface area (Å²) in [7, 11) is 0. The molecule has 1 amide bonds. The summed E-state index contributed by atoms with van der Waals surface area (Å²) in [6.45, 7) is 2.57. The minimum atomic E-state index is -0.368. The molecule has 1 N–H and O–H groups in total. The molecule has 2 atom stereocenters. The van der Waals surface area contributed by atoms with Crippen molar-refractivity contribution in [3.8, 4) is 0 Å². The van der Waals surface area contributed by atoms with Gasteiger partial charge in [0.05, 0.1) is 11.7 Å². The molecule has 0 saturated carbocycles. The number of carbonyl (C=O) groups is 1. The lowest BCUT2D eigenvalue weighted by Gasteiger charge is -2.31. The van der Waals surface area contributed by atoms with Crippen molar-refractivity contribution in [2.75, 3.05) is 6.54 Å². The predicted molar refractivity (Wildman–Crippen MR) is 73.8 cm³/mol. The van der Waals surface area contributed by atoms with E-state index in [0.717, 1.165) is 32.2 Å². The third-order valence-electron chi connectivity index (χ3n) is 3.66. The van der Waals surface area contributed by atoms with Gasteiger partial charge < -0.3 is 10.0 Å². The van der Waals surface area contributed by atoms with Gasteiger partial charge in [-0.2, -0.15) is 0 Å². The van der Waals surface area contributed by atoms with Crippen LogP contribution in [0.15, 0.2) is 24.5 Å². The van der Waals surface area contributed by atoms with Gasteiger partial charge in [-0.25, -0.2) is 0 Å². The molecule has 1 aromatic heterocycles. The van der Waals surface area contributed by atoms with Crippen LogP contribution in [-0.2, 0) is 0 Å². The first-order valence-electron chi connectivity index (χ1n) is 7.07. The summed E-state index contributed by atoms with van der Waals surface area (Å²) in [5.41, 5.74) is 0.639. The Bertz CT molecular complexity index is 406. The number of amides is 1. The molecular weight excluding hydrogens is 240 g/mol. The van der Waals surface area contributed by atoms with Crippen LogP contribution >= 0.6 is 0 Å². The van der Waals surface area contributed by atoms with Gasteiger partial charge in [0.1, 0.15) is 0 Å². The van der Waals surface area contributed by atoms with Crippen molar-refractivity contribution in [3.05, 3.63) is 30.1 Å². The number of aliphatic hydroxyl groups is 1. The second kappa shape index (κ2) is 6.66. The normalized spacial score (nSPS) is 21.8. The predicted octanol–water partition coefficient (Wildman–Crippen LogP) is 2.24. The van der Waals surface area contributed by atoms with Gasteiger partial charge in [-0.3, -0.25) is 9.78 Å². The van der Waals surface area contributed by atoms with Crippen molar-refractivity contribution < 1.29 is 9.90 Å². The Morgan fingerprint density at radius 1 is 1.53 bits per heavy atom. The molecule has 19 heavy (non-hydrogen) atoms. The van der Waals surface area contributed by atoms with E-state index in [4.69, 9.17) is 0 Å². The highest BCUT2D eigenvalue weighted by atomic mass is 16.3. The van der Waals surface area contributed by atoms with Gasteiger partial charge in [-0.1, -0.05) is 12.8 Å². The maximum Gasteiger partial charge on any atom is 0.255 e. The van der Waals surface area contributed by atoms with Crippen LogP contribution in [0.5, 0.6) is 0 Å². The summed E-state index contributed by atoms with van der Waals surface area (Å²) < 4.78 is 0. The van der Waals surface area contributed by atoms with Crippen molar-refractivity contribution in [2.24, 2.45) is 0 Å². The highest BCUT2D eigenvalue weighted by molar-refractivity contribution is 5.94. The van der Waals surface area contributed by atoms with Crippen LogP contribution in [0.4, 0.5) is 0 Å². The largest absolute Gasteiger partial charge is 0.393 e. The first kappa shape index (κ1) is 14.0. The summed E-state index contributed by atoms with van der Waals surface area (Å²) in [5, 5.41) is 9.62. The highest BCUT2D eigenvalue weighted by Crippen LogP contribution is 2.22. The number of carbonyl (C=O) groups excluding carboxylic acids is 1. The fraction of sp³-hybridized carbons (Fsp3) is 0.600. The standard InChI is InChI=1S/C15H22N2O2/c1-12(18)10-14-7-3-2-4-9-17(14)15(19)13-6-5-8-16-11-13/h5-6,8,11-12,14,18H,2-4,7,9-10H2,1H3. The summed E-state index contributed by atoms with van der Waals surface area (Å²) in [5.74, 6) is 0.0423. The molecule has 4 nitrogen and oxygen atoms in total. The smallest absolute Gasteiger partial charge is 0.255 e. The number of nitrogens with zero attached hydrogens (tertiary/aromatic N) is 2. The van der Waals surface area contributed by atoms with Crippen molar-refractivity contribution in [1.82, 2.24) is 9.88 Å². The Kier molecular flexibility index (Phi) is 4.91. The van der Waals surface area contributed by atoms with E-state index < -0.39 is 0 Å². The average Bonchev–Trinajstić information content (AvgIpc) is 2.64. The van der Waals surface area contributed by atoms with E-state index in [9.17, 15) is 9.90 Å². The molecule has 2 rings (SSSR count). The van der Waals surface area contributed by atoms with Crippen LogP contribution in [0.1, 0.15) is 49.4 Å². The zero-order valence-corrected chi connectivity index (χ0v) is 11.5. The lowest BCUT2D eigenvalue weighted by molar-refractivity contribution is 0.0607. The number of aliphatic hydroxyl groups excluding tert-OH is 1. The van der Waals surface area contributed by atoms with Gasteiger partial charge in [0, 0.05) is 25.0 Å². The molecule has 0 aromatic carbocycles. The van der Waals surface area contributed by atoms with Gasteiger partial charge in [0.2, 0.25) is 0 Å². The van der Waals surface area contributed by atoms with Crippen LogP contribution in [-0.4, -0.2) is 39.6 Å². The summed E-state index contributed by atoms with van der Waals surface area (Å²) >= 11 is 0. The Labute approximate surface area is 114 Å². The van der Waals surface area contributed by atoms with Crippen LogP contribution in [0.3, 0.4) is 0 Å². The Balaban J connectivity index is 2.15. The van der Waals surface area contributed by atoms with Crippen LogP contribution in [0.2, 0.25) is 0 Å². The van der Waals surface area contributed by atoms with E-state index in [1.54, 1.807) is 31.5 Å². The molecule has 1 aromatic rings. The molecule has 0 spiro atoms. The van der Waals surface area contributed by atoms with Crippen LogP contribution in [0.25, 0.3) is 0 Å². The van der Waals surface area contributed by atoms with Gasteiger partial charge in [0.25, 0.3) is 5.91 Å². The van der Waals surface area contributed by atoms with Crippen molar-refractivity contribution in [1.29, 1.82) is 0 Å². The molecule has 104 valence electrons. The van der Waals surface area contributed by atoms with Gasteiger partial charge in [0.15, 0.2) is 0 Å². The number of hydrogen-bond donors (Lipinski definition) is 1. The zero-order valence-electron chi connectivity index (χ0n) is 11.5. The molecule has 0 radical (unpaired) electrons. The number of likely N-dealkylation sites (tertiary alicyclic amines) is 1. The van der Waals surface area contributed by atoms with E-state index in [1.165, 1.54) is 0 Å². The van der Waals surface area contributed by atoms with Crippen LogP contribution in [0, 0.1) is 0 Å². The minimum Gasteiger partial charge on any atom is -0.393 e. The van der Waals surface area contributed by atoms with E-state index >= 15 is 0 Å². The Morgan fingerprint density at radius 3 is 3.05 bits per heavy atom. The second-order valence-electron chi connectivity index (χ2n) is 5.33. The zero-order chi connectivity index (χ0) is 13.7. The fourth-order valence-electron chi connectivity index (χ4n) is 2.74. The molecule has 4 heteroatoms. The molecule has 0 aliphatic carbocycles. The second-order valence-corrected chi connectivity index (χ2v) is 5.33. The van der Waals surface area contributed by atoms with Gasteiger partial charge in [-0.15, -0.1) is 0 Å². The molecular formula is C15H22N2O2. The van der Waals surface area contributed by atoms with E-state index in [0.29, 0.717) is 12.0 Å². The molecule has 1 fully saturated rings. The molecule has 0 bridgehead atoms. The molecule has 2 heterocycles. The Hall–Kier alpha value is -1.42. The molecule has 1 aliphatic heterocycles. The van der Waals surface area contributed by atoms with E-state index in [1.807, 2.05) is 4.90 Å². The lowest BCUT2D eigenvalue weighted by Crippen LogP contribution is -2.41. The van der Waals surface area contributed by atoms with Crippen molar-refractivity contribution in [3.63, 3.8) is 0 Å². The third-order valence-corrected chi connectivity index (χ3v) is 3.66. The van der Waals surface area contributed by atoms with Crippen LogP contribution < -0.4 is 0 Å². The number of pyridine rings is 1. The minimum absolute atomic E-state index is 0.0423. The molecule has 1 saturated heterocycles. The lowest BCUT2D eigenvalue weighted by atomic mass is 10.0. The maximum atomic E-state index is 12.5. The summed E-state index contributed by atoms with van der Waals surface area (Å²) in [4.78, 5) is 18.5. The van der Waals surface area contributed by atoms with E-state index in [-0.39, 0.29) is 18.1 Å². The van der Waals surface area contributed by atoms with E-state index in [2.05, 4.69) is 4.98 Å². The fourth-order valence-corrected chi connectivity index (χ4v) is 2.74. The molecule has 1 aliphatic rings. The van der Waals surface area contributed by atoms with Crippen molar-refractivity contribution in [2.45, 2.75) is 51.2 Å². The summed E-state index contributed by atoms with van der Waals surface area (Å²) in [6, 6.07) is 3.74. The SMILES string of the molecule is CC(O)CC1CCCCCN1C(=O)c1cccnc1. The third kappa shape index (κ3) is 3.77. The summed E-state index contributed by atoms with van der Waals surface area (Å²) in [6.07, 6.45) is 7.90. The first-order valence-corrected chi connectivity index (χ1v) is 7.07. The van der Waals surface area contributed by atoms with Gasteiger partial charge >= 0.3 is 0 Å². The number of aromatic nitrogens is 1. The monoisotopic (exact) mass is 262 g/mol.